The van der Waals surface area contributed by atoms with Gasteiger partial charge in [-0.15, -0.1) is 0 Å². The number of hydrogen-bond acceptors (Lipinski definition) is 8. The number of fused-ring (bicyclic) bond motifs is 4. The summed E-state index contributed by atoms with van der Waals surface area (Å²) in [5.41, 5.74) is 7.27. The zero-order valence-electron chi connectivity index (χ0n) is 22.4. The van der Waals surface area contributed by atoms with Gasteiger partial charge < -0.3 is 28.5 Å². The van der Waals surface area contributed by atoms with Gasteiger partial charge in [0.1, 0.15) is 34.8 Å². The number of aliphatic hydroxyl groups is 1. The molecule has 10 heteroatoms. The van der Waals surface area contributed by atoms with Crippen molar-refractivity contribution in [3.8, 4) is 22.6 Å². The Kier molecular flexibility index (Phi) is 6.87. The molecule has 0 amide bonds. The van der Waals surface area contributed by atoms with Gasteiger partial charge in [-0.1, -0.05) is 24.3 Å². The summed E-state index contributed by atoms with van der Waals surface area (Å²) in [6.45, 7) is 2.38. The Bertz CT molecular complexity index is 1870. The van der Waals surface area contributed by atoms with Crippen LogP contribution in [0.25, 0.3) is 44.1 Å². The van der Waals surface area contributed by atoms with E-state index in [1.165, 1.54) is 11.7 Å². The molecule has 6 rings (SSSR count). The Morgan fingerprint density at radius 1 is 1.02 bits per heavy atom. The molecule has 1 N–H and O–H groups in total. The molecule has 40 heavy (non-hydrogen) atoms. The minimum absolute atomic E-state index is 0.0928. The molecule has 0 aliphatic rings. The first-order valence-corrected chi connectivity index (χ1v) is 13.7. The van der Waals surface area contributed by atoms with Crippen molar-refractivity contribution in [2.24, 2.45) is 7.05 Å². The fourth-order valence-electron chi connectivity index (χ4n) is 5.34. The summed E-state index contributed by atoms with van der Waals surface area (Å²) < 4.78 is 30.0. The largest absolute Gasteiger partial charge is 0.497 e. The van der Waals surface area contributed by atoms with Crippen LogP contribution >= 0.6 is 11.7 Å². The van der Waals surface area contributed by atoms with Gasteiger partial charge in [-0.05, 0) is 42.8 Å². The molecule has 0 saturated carbocycles. The number of aryl methyl sites for hydroxylation is 1. The van der Waals surface area contributed by atoms with Crippen LogP contribution in [0.3, 0.4) is 0 Å². The molecule has 204 valence electrons. The van der Waals surface area contributed by atoms with Crippen molar-refractivity contribution in [3.63, 3.8) is 0 Å². The van der Waals surface area contributed by atoms with E-state index in [0.29, 0.717) is 34.9 Å². The van der Waals surface area contributed by atoms with Gasteiger partial charge in [-0.25, -0.2) is 4.79 Å². The lowest BCUT2D eigenvalue weighted by atomic mass is 10.0. The molecule has 0 unspecified atom stereocenters. The molecule has 0 bridgehead atoms. The van der Waals surface area contributed by atoms with Gasteiger partial charge in [0.05, 0.1) is 48.6 Å². The fraction of sp³-hybridized carbons (Fsp3) is 0.233. The van der Waals surface area contributed by atoms with Gasteiger partial charge in [0, 0.05) is 36.2 Å². The molecule has 0 saturated heterocycles. The summed E-state index contributed by atoms with van der Waals surface area (Å²) in [5, 5.41) is 10.5. The normalized spacial score (nSPS) is 11.5. The Labute approximate surface area is 234 Å². The number of carbonyl (C=O) groups excluding carboxylic acids is 1. The third kappa shape index (κ3) is 4.25. The number of benzene rings is 3. The van der Waals surface area contributed by atoms with E-state index >= 15 is 0 Å². The molecule has 6 aromatic rings. The fourth-order valence-corrected chi connectivity index (χ4v) is 5.85. The first kappa shape index (κ1) is 25.8. The number of aliphatic hydroxyl groups excluding tert-OH is 1. The molecule has 9 nitrogen and oxygen atoms in total. The average molecular weight is 557 g/mol. The van der Waals surface area contributed by atoms with E-state index in [4.69, 9.17) is 14.2 Å². The highest BCUT2D eigenvalue weighted by Gasteiger charge is 2.31. The number of para-hydroxylation sites is 1. The van der Waals surface area contributed by atoms with Crippen LogP contribution in [0, 0.1) is 0 Å². The molecule has 3 aromatic heterocycles. The van der Waals surface area contributed by atoms with Crippen LogP contribution in [0.15, 0.2) is 60.7 Å². The SMILES string of the molecule is CCOC(=O)c1c(-c2ccc(OC)cc2OCCO)c2c(c3ccccc3n2C)n1Cc1ccc2nsnc2c1. The minimum Gasteiger partial charge on any atom is -0.497 e. The standard InChI is InChI=1S/C30H28N4O5S/c1-4-38-30(36)29-26(21-11-10-19(37-3)16-25(21)39-14-13-35)28-27(20-7-5-6-8-24(20)33(28)2)34(29)17-18-9-12-22-23(15-18)32-40-31-22/h5-12,15-16,35H,4,13-14,17H2,1-3H3. The van der Waals surface area contributed by atoms with Gasteiger partial charge in [-0.3, -0.25) is 0 Å². The lowest BCUT2D eigenvalue weighted by Gasteiger charge is -2.16. The van der Waals surface area contributed by atoms with Crippen molar-refractivity contribution in [1.82, 2.24) is 17.9 Å². The maximum absolute atomic E-state index is 13.8. The molecule has 0 fully saturated rings. The Morgan fingerprint density at radius 2 is 1.85 bits per heavy atom. The van der Waals surface area contributed by atoms with Crippen molar-refractivity contribution in [1.29, 1.82) is 0 Å². The predicted molar refractivity (Wildman–Crippen MR) is 155 cm³/mol. The zero-order chi connectivity index (χ0) is 27.8. The van der Waals surface area contributed by atoms with Crippen LogP contribution in [-0.4, -0.2) is 55.9 Å². The van der Waals surface area contributed by atoms with Crippen LogP contribution in [0.4, 0.5) is 0 Å². The second-order valence-corrected chi connectivity index (χ2v) is 9.85. The monoisotopic (exact) mass is 556 g/mol. The van der Waals surface area contributed by atoms with E-state index in [1.807, 2.05) is 54.1 Å². The van der Waals surface area contributed by atoms with Crippen molar-refractivity contribution in [2.75, 3.05) is 26.9 Å². The highest BCUT2D eigenvalue weighted by atomic mass is 32.1. The summed E-state index contributed by atoms with van der Waals surface area (Å²) in [7, 11) is 3.58. The smallest absolute Gasteiger partial charge is 0.355 e. The first-order chi connectivity index (χ1) is 19.5. The quantitative estimate of drug-likeness (QED) is 0.238. The number of hydrogen-bond donors (Lipinski definition) is 1. The van der Waals surface area contributed by atoms with Crippen LogP contribution in [-0.2, 0) is 18.3 Å². The number of aromatic nitrogens is 4. The molecule has 3 aromatic carbocycles. The zero-order valence-corrected chi connectivity index (χ0v) is 23.2. The average Bonchev–Trinajstić information content (AvgIpc) is 3.65. The van der Waals surface area contributed by atoms with Crippen LogP contribution in [0.2, 0.25) is 0 Å². The second kappa shape index (κ2) is 10.6. The van der Waals surface area contributed by atoms with Gasteiger partial charge in [0.25, 0.3) is 0 Å². The van der Waals surface area contributed by atoms with E-state index in [0.717, 1.165) is 38.5 Å². The van der Waals surface area contributed by atoms with E-state index in [-0.39, 0.29) is 19.8 Å². The molecular formula is C30H28N4O5S. The number of nitrogens with zero attached hydrogens (tertiary/aromatic N) is 4. The highest BCUT2D eigenvalue weighted by molar-refractivity contribution is 7.00. The molecule has 0 radical (unpaired) electrons. The second-order valence-electron chi connectivity index (χ2n) is 9.33. The van der Waals surface area contributed by atoms with Crippen LogP contribution < -0.4 is 9.47 Å². The Balaban J connectivity index is 1.70. The Hall–Kier alpha value is -4.41. The molecule has 0 atom stereocenters. The van der Waals surface area contributed by atoms with Crippen molar-refractivity contribution in [2.45, 2.75) is 13.5 Å². The maximum Gasteiger partial charge on any atom is 0.355 e. The summed E-state index contributed by atoms with van der Waals surface area (Å²) in [6, 6.07) is 19.6. The van der Waals surface area contributed by atoms with Crippen LogP contribution in [0.5, 0.6) is 11.5 Å². The number of carbonyl (C=O) groups is 1. The van der Waals surface area contributed by atoms with Crippen LogP contribution in [0.1, 0.15) is 23.0 Å². The van der Waals surface area contributed by atoms with Gasteiger partial charge in [0.2, 0.25) is 0 Å². The number of ether oxygens (including phenoxy) is 3. The summed E-state index contributed by atoms with van der Waals surface area (Å²) >= 11 is 1.18. The number of rotatable bonds is 9. The van der Waals surface area contributed by atoms with E-state index in [9.17, 15) is 9.90 Å². The van der Waals surface area contributed by atoms with Crippen molar-refractivity contribution in [3.05, 3.63) is 71.9 Å². The lowest BCUT2D eigenvalue weighted by molar-refractivity contribution is 0.0516. The molecule has 0 aliphatic carbocycles. The first-order valence-electron chi connectivity index (χ1n) is 13.0. The summed E-state index contributed by atoms with van der Waals surface area (Å²) in [5.74, 6) is 0.670. The molecule has 3 heterocycles. The van der Waals surface area contributed by atoms with Crippen molar-refractivity contribution >= 4 is 50.7 Å². The third-order valence-corrected chi connectivity index (χ3v) is 7.58. The van der Waals surface area contributed by atoms with E-state index < -0.39 is 5.97 Å². The maximum atomic E-state index is 13.8. The molecule has 0 aliphatic heterocycles. The van der Waals surface area contributed by atoms with Crippen molar-refractivity contribution < 1.29 is 24.1 Å². The van der Waals surface area contributed by atoms with Gasteiger partial charge in [0.15, 0.2) is 0 Å². The third-order valence-electron chi connectivity index (χ3n) is 7.03. The lowest BCUT2D eigenvalue weighted by Crippen LogP contribution is -2.14. The van der Waals surface area contributed by atoms with E-state index in [2.05, 4.69) is 25.4 Å². The number of methoxy groups -OCH3 is 1. The van der Waals surface area contributed by atoms with Gasteiger partial charge >= 0.3 is 5.97 Å². The highest BCUT2D eigenvalue weighted by Crippen LogP contribution is 2.45. The molecule has 0 spiro atoms. The summed E-state index contributed by atoms with van der Waals surface area (Å²) in [6.07, 6.45) is 0. The Morgan fingerprint density at radius 3 is 2.65 bits per heavy atom. The topological polar surface area (TPSA) is 101 Å². The predicted octanol–water partition coefficient (Wildman–Crippen LogP) is 5.41. The van der Waals surface area contributed by atoms with E-state index in [1.54, 1.807) is 20.1 Å². The number of esters is 1. The minimum atomic E-state index is -0.432. The van der Waals surface area contributed by atoms with Gasteiger partial charge in [-0.2, -0.15) is 8.75 Å². The summed E-state index contributed by atoms with van der Waals surface area (Å²) in [4.78, 5) is 13.8. The molecular weight excluding hydrogens is 528 g/mol.